The molecule has 3 aromatic rings. The van der Waals surface area contributed by atoms with Gasteiger partial charge >= 0.3 is 5.92 Å². The van der Waals surface area contributed by atoms with Crippen LogP contribution in [0.4, 0.5) is 14.6 Å². The predicted octanol–water partition coefficient (Wildman–Crippen LogP) is 3.16. The normalized spacial score (nSPS) is 19.1. The Morgan fingerprint density at radius 1 is 1.17 bits per heavy atom. The molecule has 0 spiro atoms. The zero-order valence-electron chi connectivity index (χ0n) is 19.8. The van der Waals surface area contributed by atoms with Gasteiger partial charge in [0.05, 0.1) is 12.2 Å². The van der Waals surface area contributed by atoms with Crippen LogP contribution in [0.5, 0.6) is 5.75 Å². The number of aryl methyl sites for hydroxylation is 2. The SMILES string of the molecule is Cc1nc(C(=O)N2CCC(Oc3ccc(-c4cc(NC(=O)C5CC5)ncn4)cc3C)C(F)(F)C2)n[nH]1. The molecule has 188 valence electrons. The Morgan fingerprint density at radius 2 is 1.97 bits per heavy atom. The third kappa shape index (κ3) is 5.02. The number of likely N-dealkylation sites (tertiary alicyclic amines) is 1. The van der Waals surface area contributed by atoms with Crippen molar-refractivity contribution in [2.45, 2.75) is 45.1 Å². The summed E-state index contributed by atoms with van der Waals surface area (Å²) in [6, 6.07) is 6.80. The molecule has 2 N–H and O–H groups in total. The highest BCUT2D eigenvalue weighted by atomic mass is 19.3. The van der Waals surface area contributed by atoms with Crippen LogP contribution in [0.3, 0.4) is 0 Å². The summed E-state index contributed by atoms with van der Waals surface area (Å²) in [7, 11) is 0. The van der Waals surface area contributed by atoms with Crippen LogP contribution in [0.15, 0.2) is 30.6 Å². The van der Waals surface area contributed by atoms with E-state index in [-0.39, 0.29) is 30.6 Å². The van der Waals surface area contributed by atoms with Gasteiger partial charge in [0.25, 0.3) is 5.91 Å². The monoisotopic (exact) mass is 497 g/mol. The molecule has 5 rings (SSSR count). The summed E-state index contributed by atoms with van der Waals surface area (Å²) in [5.74, 6) is -2.86. The minimum atomic E-state index is -3.26. The van der Waals surface area contributed by atoms with E-state index in [1.807, 2.05) is 0 Å². The zero-order chi connectivity index (χ0) is 25.4. The number of benzene rings is 1. The van der Waals surface area contributed by atoms with E-state index in [0.29, 0.717) is 28.6 Å². The summed E-state index contributed by atoms with van der Waals surface area (Å²) in [5, 5.41) is 9.10. The maximum absolute atomic E-state index is 15.0. The third-order valence-electron chi connectivity index (χ3n) is 6.22. The van der Waals surface area contributed by atoms with Crippen LogP contribution in [0.1, 0.15) is 41.3 Å². The quantitative estimate of drug-likeness (QED) is 0.536. The van der Waals surface area contributed by atoms with Crippen LogP contribution in [0, 0.1) is 19.8 Å². The number of H-pyrrole nitrogens is 1. The summed E-state index contributed by atoms with van der Waals surface area (Å²) in [5.41, 5.74) is 1.98. The number of rotatable bonds is 6. The lowest BCUT2D eigenvalue weighted by atomic mass is 10.0. The highest BCUT2D eigenvalue weighted by molar-refractivity contribution is 5.93. The number of carbonyl (C=O) groups is 2. The maximum atomic E-state index is 15.0. The van der Waals surface area contributed by atoms with Gasteiger partial charge in [-0.3, -0.25) is 14.7 Å². The van der Waals surface area contributed by atoms with E-state index >= 15 is 0 Å². The van der Waals surface area contributed by atoms with Crippen molar-refractivity contribution in [1.29, 1.82) is 0 Å². The highest BCUT2D eigenvalue weighted by Gasteiger charge is 2.48. The van der Waals surface area contributed by atoms with Gasteiger partial charge < -0.3 is 15.0 Å². The number of carbonyl (C=O) groups excluding carboxylic acids is 2. The first kappa shape index (κ1) is 23.8. The molecule has 3 heterocycles. The minimum Gasteiger partial charge on any atom is -0.484 e. The Balaban J connectivity index is 1.26. The number of hydrogen-bond acceptors (Lipinski definition) is 7. The van der Waals surface area contributed by atoms with Crippen LogP contribution in [0.25, 0.3) is 11.3 Å². The molecule has 1 aromatic carbocycles. The fraction of sp³-hybridized carbons (Fsp3) is 0.417. The highest BCUT2D eigenvalue weighted by Crippen LogP contribution is 2.34. The Labute approximate surface area is 205 Å². The molecular formula is C24H25F2N7O3. The Bertz CT molecular complexity index is 1310. The van der Waals surface area contributed by atoms with Gasteiger partial charge in [0, 0.05) is 30.5 Å². The number of hydrogen-bond donors (Lipinski definition) is 2. The molecule has 1 saturated heterocycles. The second kappa shape index (κ2) is 9.25. The number of nitrogens with zero attached hydrogens (tertiary/aromatic N) is 5. The van der Waals surface area contributed by atoms with E-state index in [0.717, 1.165) is 23.3 Å². The molecule has 2 aromatic heterocycles. The van der Waals surface area contributed by atoms with Gasteiger partial charge in [0.15, 0.2) is 6.10 Å². The number of piperidine rings is 1. The smallest absolute Gasteiger partial charge is 0.301 e. The summed E-state index contributed by atoms with van der Waals surface area (Å²) < 4.78 is 35.6. The van der Waals surface area contributed by atoms with Crippen molar-refractivity contribution in [3.05, 3.63) is 47.8 Å². The van der Waals surface area contributed by atoms with Crippen molar-refractivity contribution in [2.24, 2.45) is 5.92 Å². The van der Waals surface area contributed by atoms with E-state index in [1.165, 1.54) is 6.33 Å². The molecule has 1 aliphatic heterocycles. The van der Waals surface area contributed by atoms with Gasteiger partial charge in [-0.05, 0) is 50.5 Å². The lowest BCUT2D eigenvalue weighted by Gasteiger charge is -2.37. The van der Waals surface area contributed by atoms with Crippen molar-refractivity contribution >= 4 is 17.6 Å². The molecular weight excluding hydrogens is 472 g/mol. The molecule has 2 fully saturated rings. The van der Waals surface area contributed by atoms with Crippen molar-refractivity contribution in [3.8, 4) is 17.0 Å². The summed E-state index contributed by atoms with van der Waals surface area (Å²) in [4.78, 5) is 37.8. The standard InChI is InChI=1S/C24H25F2N7O3/c1-13-9-16(17-10-20(28-12-27-17)30-22(34)15-3-4-15)5-6-18(13)36-19-7-8-33(11-24(19,25)26)23(35)21-29-14(2)31-32-21/h5-6,9-10,12,15,19H,3-4,7-8,11H2,1-2H3,(H,29,31,32)(H,27,28,30,34). The topological polar surface area (TPSA) is 126 Å². The largest absolute Gasteiger partial charge is 0.484 e. The first-order chi connectivity index (χ1) is 17.2. The van der Waals surface area contributed by atoms with Gasteiger partial charge in [-0.25, -0.2) is 23.7 Å². The Hall–Kier alpha value is -3.96. The molecule has 10 nitrogen and oxygen atoms in total. The molecule has 1 aliphatic carbocycles. The summed E-state index contributed by atoms with van der Waals surface area (Å²) in [6.45, 7) is 2.71. The van der Waals surface area contributed by atoms with Crippen LogP contribution < -0.4 is 10.1 Å². The predicted molar refractivity (Wildman–Crippen MR) is 125 cm³/mol. The first-order valence-corrected chi connectivity index (χ1v) is 11.7. The van der Waals surface area contributed by atoms with Crippen molar-refractivity contribution < 1.29 is 23.1 Å². The number of anilines is 1. The Morgan fingerprint density at radius 3 is 2.64 bits per heavy atom. The van der Waals surface area contributed by atoms with Gasteiger partial charge in [-0.1, -0.05) is 0 Å². The van der Waals surface area contributed by atoms with Crippen molar-refractivity contribution in [2.75, 3.05) is 18.4 Å². The average Bonchev–Trinajstić information content (AvgIpc) is 3.61. The summed E-state index contributed by atoms with van der Waals surface area (Å²) >= 11 is 0. The number of halogens is 2. The molecule has 2 aliphatic rings. The number of aromatic nitrogens is 5. The van der Waals surface area contributed by atoms with Gasteiger partial charge in [-0.2, -0.15) is 0 Å². The third-order valence-corrected chi connectivity index (χ3v) is 6.22. The molecule has 1 atom stereocenters. The van der Waals surface area contributed by atoms with Gasteiger partial charge in [0.2, 0.25) is 11.7 Å². The maximum Gasteiger partial charge on any atom is 0.301 e. The molecule has 36 heavy (non-hydrogen) atoms. The molecule has 12 heteroatoms. The fourth-order valence-corrected chi connectivity index (χ4v) is 4.07. The second-order valence-electron chi connectivity index (χ2n) is 9.16. The van der Waals surface area contributed by atoms with Crippen LogP contribution in [-0.2, 0) is 4.79 Å². The lowest BCUT2D eigenvalue weighted by Crippen LogP contribution is -2.55. The number of amides is 2. The van der Waals surface area contributed by atoms with Gasteiger partial charge in [-0.15, -0.1) is 5.10 Å². The number of aromatic amines is 1. The second-order valence-corrected chi connectivity index (χ2v) is 9.16. The van der Waals surface area contributed by atoms with Crippen LogP contribution in [-0.4, -0.2) is 67.0 Å². The average molecular weight is 498 g/mol. The van der Waals surface area contributed by atoms with Gasteiger partial charge in [0.1, 0.15) is 23.7 Å². The number of ether oxygens (including phenoxy) is 1. The van der Waals surface area contributed by atoms with Crippen LogP contribution >= 0.6 is 0 Å². The number of nitrogens with one attached hydrogen (secondary N) is 2. The van der Waals surface area contributed by atoms with E-state index in [1.54, 1.807) is 38.1 Å². The number of alkyl halides is 2. The molecule has 0 radical (unpaired) electrons. The minimum absolute atomic E-state index is 0.0424. The van der Waals surface area contributed by atoms with E-state index in [9.17, 15) is 18.4 Å². The van der Waals surface area contributed by atoms with E-state index in [2.05, 4.69) is 30.5 Å². The summed E-state index contributed by atoms with van der Waals surface area (Å²) in [6.07, 6.45) is 1.72. The fourth-order valence-electron chi connectivity index (χ4n) is 4.07. The first-order valence-electron chi connectivity index (χ1n) is 11.7. The van der Waals surface area contributed by atoms with Crippen molar-refractivity contribution in [3.63, 3.8) is 0 Å². The molecule has 2 amide bonds. The zero-order valence-corrected chi connectivity index (χ0v) is 19.8. The van der Waals surface area contributed by atoms with Crippen LogP contribution in [0.2, 0.25) is 0 Å². The molecule has 1 unspecified atom stereocenters. The van der Waals surface area contributed by atoms with E-state index in [4.69, 9.17) is 4.74 Å². The molecule has 1 saturated carbocycles. The van der Waals surface area contributed by atoms with E-state index < -0.39 is 24.5 Å². The molecule has 0 bridgehead atoms. The van der Waals surface area contributed by atoms with Crippen molar-refractivity contribution in [1.82, 2.24) is 30.0 Å². The lowest BCUT2D eigenvalue weighted by molar-refractivity contribution is -0.132. The Kier molecular flexibility index (Phi) is 6.10.